The summed E-state index contributed by atoms with van der Waals surface area (Å²) in [5, 5.41) is 8.85. The molecule has 0 aromatic heterocycles. The van der Waals surface area contributed by atoms with Gasteiger partial charge in [0.15, 0.2) is 23.9 Å². The third kappa shape index (κ3) is 7.89. The summed E-state index contributed by atoms with van der Waals surface area (Å²) in [6.45, 7) is 2.71. The topological polar surface area (TPSA) is 117 Å². The van der Waals surface area contributed by atoms with E-state index >= 15 is 0 Å². The number of nitrogens with two attached hydrogens (primary N) is 1. The fourth-order valence-electron chi connectivity index (χ4n) is 3.24. The normalized spacial score (nSPS) is 10.7. The van der Waals surface area contributed by atoms with Crippen LogP contribution in [-0.4, -0.2) is 43.2 Å². The predicted octanol–water partition coefficient (Wildman–Crippen LogP) is 4.36. The van der Waals surface area contributed by atoms with Crippen molar-refractivity contribution in [2.24, 2.45) is 5.73 Å². The summed E-state index contributed by atoms with van der Waals surface area (Å²) < 4.78 is 22.4. The van der Waals surface area contributed by atoms with E-state index in [-0.39, 0.29) is 11.5 Å². The molecule has 0 unspecified atom stereocenters. The average molecular weight is 492 g/mol. The number of carboxylic acids is 1. The van der Waals surface area contributed by atoms with Crippen LogP contribution in [0.4, 0.5) is 0 Å². The second kappa shape index (κ2) is 13.6. The van der Waals surface area contributed by atoms with Gasteiger partial charge in [0, 0.05) is 17.7 Å². The van der Waals surface area contributed by atoms with Crippen molar-refractivity contribution in [1.29, 1.82) is 0 Å². The molecular formula is C28H29NO7. The van der Waals surface area contributed by atoms with Crippen LogP contribution in [0.25, 0.3) is 6.08 Å². The summed E-state index contributed by atoms with van der Waals surface area (Å²) in [6.07, 6.45) is 3.09. The van der Waals surface area contributed by atoms with Crippen LogP contribution in [0.2, 0.25) is 0 Å². The van der Waals surface area contributed by atoms with Crippen molar-refractivity contribution in [1.82, 2.24) is 0 Å². The van der Waals surface area contributed by atoms with Crippen molar-refractivity contribution in [2.45, 2.75) is 13.5 Å². The highest BCUT2D eigenvalue weighted by Crippen LogP contribution is 2.30. The van der Waals surface area contributed by atoms with Crippen LogP contribution in [-0.2, 0) is 11.4 Å². The molecule has 0 aliphatic heterocycles. The van der Waals surface area contributed by atoms with Gasteiger partial charge in [0.05, 0.1) is 6.61 Å². The molecule has 0 amide bonds. The molecule has 188 valence electrons. The minimum absolute atomic E-state index is 0.251. The Balaban J connectivity index is 1.81. The number of benzene rings is 3. The highest BCUT2D eigenvalue weighted by molar-refractivity contribution is 6.07. The minimum Gasteiger partial charge on any atom is -0.492 e. The van der Waals surface area contributed by atoms with Gasteiger partial charge in [-0.25, -0.2) is 4.79 Å². The number of carbonyl (C=O) groups is 2. The van der Waals surface area contributed by atoms with Gasteiger partial charge >= 0.3 is 5.97 Å². The SMILES string of the molecule is CCOc1cc(C(=O)C=Cc2cc(OCCN)ccc2OCc2ccccc2)ccc1OCC(=O)O. The average Bonchev–Trinajstić information content (AvgIpc) is 2.89. The molecular weight excluding hydrogens is 462 g/mol. The monoisotopic (exact) mass is 491 g/mol. The molecule has 0 fully saturated rings. The van der Waals surface area contributed by atoms with Crippen molar-refractivity contribution in [2.75, 3.05) is 26.4 Å². The molecule has 0 aliphatic carbocycles. The van der Waals surface area contributed by atoms with Crippen LogP contribution in [0.5, 0.6) is 23.0 Å². The van der Waals surface area contributed by atoms with Crippen molar-refractivity contribution >= 4 is 17.8 Å². The molecule has 3 rings (SSSR count). The number of ketones is 1. The Hall–Kier alpha value is -4.30. The minimum atomic E-state index is -1.11. The zero-order valence-electron chi connectivity index (χ0n) is 20.0. The summed E-state index contributed by atoms with van der Waals surface area (Å²) in [7, 11) is 0. The Bertz CT molecular complexity index is 1190. The number of hydrogen-bond acceptors (Lipinski definition) is 7. The van der Waals surface area contributed by atoms with Crippen LogP contribution in [0, 0.1) is 0 Å². The van der Waals surface area contributed by atoms with Crippen LogP contribution in [0.15, 0.2) is 72.8 Å². The standard InChI is InChI=1S/C28H29NO7/c1-2-33-27-17-21(9-12-26(27)36-19-28(31)32)24(30)11-8-22-16-23(34-15-14-29)10-13-25(22)35-18-20-6-4-3-5-7-20/h3-13,16-17H,2,14-15,18-19,29H2,1H3,(H,31,32). The van der Waals surface area contributed by atoms with Crippen molar-refractivity contribution in [3.8, 4) is 23.0 Å². The third-order valence-corrected chi connectivity index (χ3v) is 4.90. The van der Waals surface area contributed by atoms with Crippen LogP contribution >= 0.6 is 0 Å². The largest absolute Gasteiger partial charge is 0.492 e. The maximum Gasteiger partial charge on any atom is 0.341 e. The van der Waals surface area contributed by atoms with Gasteiger partial charge in [0.25, 0.3) is 0 Å². The molecule has 3 N–H and O–H groups in total. The number of carbonyl (C=O) groups excluding carboxylic acids is 1. The van der Waals surface area contributed by atoms with Gasteiger partial charge in [-0.15, -0.1) is 0 Å². The Kier molecular flexibility index (Phi) is 9.90. The number of ether oxygens (including phenoxy) is 4. The summed E-state index contributed by atoms with van der Waals surface area (Å²) in [5.74, 6) is 0.364. The fourth-order valence-corrected chi connectivity index (χ4v) is 3.24. The molecule has 8 nitrogen and oxygen atoms in total. The smallest absolute Gasteiger partial charge is 0.341 e. The Morgan fingerprint density at radius 3 is 2.39 bits per heavy atom. The predicted molar refractivity (Wildman–Crippen MR) is 136 cm³/mol. The summed E-state index contributed by atoms with van der Waals surface area (Å²) in [5.41, 5.74) is 7.58. The van der Waals surface area contributed by atoms with E-state index in [1.807, 2.05) is 30.3 Å². The number of aliphatic carboxylic acids is 1. The quantitative estimate of drug-likeness (QED) is 0.252. The lowest BCUT2D eigenvalue weighted by Crippen LogP contribution is -2.10. The molecule has 0 atom stereocenters. The first-order valence-corrected chi connectivity index (χ1v) is 11.5. The van der Waals surface area contributed by atoms with E-state index in [0.29, 0.717) is 54.7 Å². The van der Waals surface area contributed by atoms with Crippen LogP contribution in [0.1, 0.15) is 28.4 Å². The van der Waals surface area contributed by atoms with Crippen LogP contribution < -0.4 is 24.7 Å². The number of allylic oxidation sites excluding steroid dienone is 1. The fraction of sp³-hybridized carbons (Fsp3) is 0.214. The first kappa shape index (κ1) is 26.3. The number of rotatable bonds is 14. The molecule has 36 heavy (non-hydrogen) atoms. The van der Waals surface area contributed by atoms with E-state index in [9.17, 15) is 9.59 Å². The molecule has 3 aromatic rings. The summed E-state index contributed by atoms with van der Waals surface area (Å²) in [6, 6.07) is 19.7. The second-order valence-electron chi connectivity index (χ2n) is 7.59. The van der Waals surface area contributed by atoms with E-state index in [0.717, 1.165) is 5.56 Å². The highest BCUT2D eigenvalue weighted by Gasteiger charge is 2.12. The van der Waals surface area contributed by atoms with Crippen LogP contribution in [0.3, 0.4) is 0 Å². The Morgan fingerprint density at radius 2 is 1.67 bits per heavy atom. The Labute approximate surface area is 209 Å². The van der Waals surface area contributed by atoms with Gasteiger partial charge in [-0.1, -0.05) is 30.3 Å². The van der Waals surface area contributed by atoms with Gasteiger partial charge in [0.2, 0.25) is 0 Å². The van der Waals surface area contributed by atoms with Crippen molar-refractivity contribution < 1.29 is 33.6 Å². The lowest BCUT2D eigenvalue weighted by Gasteiger charge is -2.12. The lowest BCUT2D eigenvalue weighted by molar-refractivity contribution is -0.139. The van der Waals surface area contributed by atoms with Gasteiger partial charge in [-0.05, 0) is 61.0 Å². The maximum atomic E-state index is 12.9. The maximum absolute atomic E-state index is 12.9. The third-order valence-electron chi connectivity index (χ3n) is 4.90. The van der Waals surface area contributed by atoms with Gasteiger partial charge in [0.1, 0.15) is 24.7 Å². The van der Waals surface area contributed by atoms with Gasteiger partial charge < -0.3 is 29.8 Å². The second-order valence-corrected chi connectivity index (χ2v) is 7.59. The van der Waals surface area contributed by atoms with E-state index in [1.165, 1.54) is 18.2 Å². The van der Waals surface area contributed by atoms with E-state index in [1.54, 1.807) is 37.3 Å². The number of carboxylic acid groups (broad SMARTS) is 1. The van der Waals surface area contributed by atoms with Crippen molar-refractivity contribution in [3.05, 3.63) is 89.5 Å². The van der Waals surface area contributed by atoms with Gasteiger partial charge in [-0.2, -0.15) is 0 Å². The summed E-state index contributed by atoms with van der Waals surface area (Å²) >= 11 is 0. The first-order valence-electron chi connectivity index (χ1n) is 11.5. The molecule has 0 saturated heterocycles. The molecule has 0 saturated carbocycles. The summed E-state index contributed by atoms with van der Waals surface area (Å²) in [4.78, 5) is 23.8. The Morgan fingerprint density at radius 1 is 0.889 bits per heavy atom. The van der Waals surface area contributed by atoms with Crippen molar-refractivity contribution in [3.63, 3.8) is 0 Å². The lowest BCUT2D eigenvalue weighted by atomic mass is 10.1. The van der Waals surface area contributed by atoms with E-state index < -0.39 is 12.6 Å². The van der Waals surface area contributed by atoms with Gasteiger partial charge in [-0.3, -0.25) is 4.79 Å². The molecule has 0 radical (unpaired) electrons. The molecule has 0 aliphatic rings. The molecule has 0 heterocycles. The zero-order valence-corrected chi connectivity index (χ0v) is 20.0. The number of hydrogen-bond donors (Lipinski definition) is 2. The van der Waals surface area contributed by atoms with E-state index in [4.69, 9.17) is 29.8 Å². The zero-order chi connectivity index (χ0) is 25.8. The molecule has 0 bridgehead atoms. The highest BCUT2D eigenvalue weighted by atomic mass is 16.5. The van der Waals surface area contributed by atoms with E-state index in [2.05, 4.69) is 0 Å². The molecule has 8 heteroatoms. The molecule has 3 aromatic carbocycles. The molecule has 0 spiro atoms. The first-order chi connectivity index (χ1) is 17.5.